The Labute approximate surface area is 148 Å². The largest absolute Gasteiger partial charge is 0.298 e. The minimum absolute atomic E-state index is 0.0832. The fraction of sp³-hybridized carbons (Fsp3) is 0.263. The molecule has 0 saturated carbocycles. The SMILES string of the molecule is CCc1c(C)[nH]n2c(=O)cc(CCn3cnc4ccccc4c3=O)nc12. The van der Waals surface area contributed by atoms with E-state index in [2.05, 4.69) is 15.1 Å². The van der Waals surface area contributed by atoms with Gasteiger partial charge in [0.05, 0.1) is 22.9 Å². The van der Waals surface area contributed by atoms with E-state index >= 15 is 0 Å². The zero-order chi connectivity index (χ0) is 18.3. The van der Waals surface area contributed by atoms with Crippen LogP contribution >= 0.6 is 0 Å². The Hall–Kier alpha value is -3.22. The number of fused-ring (bicyclic) bond motifs is 2. The van der Waals surface area contributed by atoms with E-state index in [1.807, 2.05) is 32.0 Å². The first-order valence-electron chi connectivity index (χ1n) is 8.63. The molecule has 1 N–H and O–H groups in total. The molecule has 0 atom stereocenters. The predicted molar refractivity (Wildman–Crippen MR) is 99.6 cm³/mol. The van der Waals surface area contributed by atoms with Gasteiger partial charge in [-0.3, -0.25) is 19.3 Å². The highest BCUT2D eigenvalue weighted by atomic mass is 16.1. The van der Waals surface area contributed by atoms with Crippen molar-refractivity contribution in [2.24, 2.45) is 0 Å². The van der Waals surface area contributed by atoms with Crippen molar-refractivity contribution in [2.75, 3.05) is 0 Å². The highest BCUT2D eigenvalue weighted by Gasteiger charge is 2.12. The maximum absolute atomic E-state index is 12.6. The van der Waals surface area contributed by atoms with Gasteiger partial charge >= 0.3 is 0 Å². The number of para-hydroxylation sites is 1. The van der Waals surface area contributed by atoms with Crippen molar-refractivity contribution < 1.29 is 0 Å². The molecule has 4 aromatic rings. The first kappa shape index (κ1) is 16.3. The molecule has 0 aliphatic heterocycles. The van der Waals surface area contributed by atoms with Crippen molar-refractivity contribution in [2.45, 2.75) is 33.2 Å². The van der Waals surface area contributed by atoms with Crippen LogP contribution in [0.2, 0.25) is 0 Å². The van der Waals surface area contributed by atoms with E-state index in [9.17, 15) is 9.59 Å². The third-order valence-electron chi connectivity index (χ3n) is 4.67. The molecule has 1 aromatic carbocycles. The number of nitrogens with one attached hydrogen (secondary N) is 1. The molecular formula is C19H19N5O2. The molecule has 0 bridgehead atoms. The summed E-state index contributed by atoms with van der Waals surface area (Å²) < 4.78 is 3.04. The van der Waals surface area contributed by atoms with E-state index in [-0.39, 0.29) is 11.1 Å². The molecule has 7 heteroatoms. The van der Waals surface area contributed by atoms with E-state index in [4.69, 9.17) is 0 Å². The Morgan fingerprint density at radius 1 is 1.19 bits per heavy atom. The standard InChI is InChI=1S/C19H19N5O2/c1-3-14-12(2)22-24-17(25)10-13(21-18(14)24)8-9-23-11-20-16-7-5-4-6-15(16)19(23)26/h4-7,10-11,22H,3,8-9H2,1-2H3. The molecular weight excluding hydrogens is 330 g/mol. The van der Waals surface area contributed by atoms with Crippen LogP contribution in [0.3, 0.4) is 0 Å². The van der Waals surface area contributed by atoms with Gasteiger partial charge in [-0.2, -0.15) is 0 Å². The highest BCUT2D eigenvalue weighted by molar-refractivity contribution is 5.76. The molecule has 0 amide bonds. The average Bonchev–Trinajstić information content (AvgIpc) is 2.97. The summed E-state index contributed by atoms with van der Waals surface area (Å²) in [6.07, 6.45) is 2.83. The molecule has 0 aliphatic carbocycles. The monoisotopic (exact) mass is 349 g/mol. The number of benzene rings is 1. The summed E-state index contributed by atoms with van der Waals surface area (Å²) in [7, 11) is 0. The van der Waals surface area contributed by atoms with E-state index in [1.54, 1.807) is 17.0 Å². The third-order valence-corrected chi connectivity index (χ3v) is 4.67. The van der Waals surface area contributed by atoms with Gasteiger partial charge in [-0.1, -0.05) is 19.1 Å². The topological polar surface area (TPSA) is 85.0 Å². The van der Waals surface area contributed by atoms with Crippen LogP contribution in [0.4, 0.5) is 0 Å². The number of aromatic amines is 1. The highest BCUT2D eigenvalue weighted by Crippen LogP contribution is 2.13. The lowest BCUT2D eigenvalue weighted by molar-refractivity contribution is 0.652. The second-order valence-electron chi connectivity index (χ2n) is 6.32. The van der Waals surface area contributed by atoms with Crippen LogP contribution in [0, 0.1) is 6.92 Å². The van der Waals surface area contributed by atoms with Gasteiger partial charge in [0.2, 0.25) is 0 Å². The van der Waals surface area contributed by atoms with Crippen LogP contribution in [0.15, 0.2) is 46.2 Å². The summed E-state index contributed by atoms with van der Waals surface area (Å²) >= 11 is 0. The smallest absolute Gasteiger partial charge is 0.272 e. The molecule has 3 heterocycles. The Morgan fingerprint density at radius 3 is 2.81 bits per heavy atom. The number of rotatable bonds is 4. The van der Waals surface area contributed by atoms with Gasteiger partial charge in [-0.25, -0.2) is 14.5 Å². The van der Waals surface area contributed by atoms with Gasteiger partial charge in [0.25, 0.3) is 11.1 Å². The Kier molecular flexibility index (Phi) is 3.91. The van der Waals surface area contributed by atoms with Gasteiger partial charge < -0.3 is 0 Å². The normalized spacial score (nSPS) is 11.5. The first-order valence-corrected chi connectivity index (χ1v) is 8.63. The zero-order valence-corrected chi connectivity index (χ0v) is 14.7. The number of hydrogen-bond donors (Lipinski definition) is 1. The second kappa shape index (κ2) is 6.25. The van der Waals surface area contributed by atoms with Crippen molar-refractivity contribution in [1.82, 2.24) is 24.1 Å². The van der Waals surface area contributed by atoms with Gasteiger partial charge in [0.1, 0.15) is 0 Å². The van der Waals surface area contributed by atoms with Crippen molar-refractivity contribution in [3.05, 3.63) is 74.3 Å². The average molecular weight is 349 g/mol. The molecule has 26 heavy (non-hydrogen) atoms. The van der Waals surface area contributed by atoms with E-state index < -0.39 is 0 Å². The lowest BCUT2D eigenvalue weighted by atomic mass is 10.2. The summed E-state index contributed by atoms with van der Waals surface area (Å²) in [5.41, 5.74) is 3.77. The number of aromatic nitrogens is 5. The second-order valence-corrected chi connectivity index (χ2v) is 6.32. The lowest BCUT2D eigenvalue weighted by Gasteiger charge is -2.06. The zero-order valence-electron chi connectivity index (χ0n) is 14.7. The Morgan fingerprint density at radius 2 is 2.00 bits per heavy atom. The third kappa shape index (κ3) is 2.61. The number of nitrogens with zero attached hydrogens (tertiary/aromatic N) is 4. The molecule has 0 spiro atoms. The summed E-state index contributed by atoms with van der Waals surface area (Å²) in [5.74, 6) is 0. The molecule has 0 aliphatic rings. The van der Waals surface area contributed by atoms with Crippen LogP contribution in [0.25, 0.3) is 16.6 Å². The van der Waals surface area contributed by atoms with Gasteiger partial charge in [-0.05, 0) is 25.5 Å². The van der Waals surface area contributed by atoms with Crippen LogP contribution in [0.5, 0.6) is 0 Å². The molecule has 0 saturated heterocycles. The fourth-order valence-corrected chi connectivity index (χ4v) is 3.29. The Balaban J connectivity index is 1.69. The predicted octanol–water partition coefficient (Wildman–Crippen LogP) is 1.85. The summed E-state index contributed by atoms with van der Waals surface area (Å²) in [6, 6.07) is 8.79. The molecule has 132 valence electrons. The van der Waals surface area contributed by atoms with Crippen LogP contribution in [-0.4, -0.2) is 24.1 Å². The number of aryl methyl sites for hydroxylation is 4. The quantitative estimate of drug-likeness (QED) is 0.609. The van der Waals surface area contributed by atoms with Crippen LogP contribution in [0.1, 0.15) is 23.9 Å². The molecule has 7 nitrogen and oxygen atoms in total. The summed E-state index contributed by atoms with van der Waals surface area (Å²) in [5, 5.41) is 3.64. The van der Waals surface area contributed by atoms with Crippen LogP contribution < -0.4 is 11.1 Å². The van der Waals surface area contributed by atoms with Gasteiger partial charge in [0, 0.05) is 30.3 Å². The fourth-order valence-electron chi connectivity index (χ4n) is 3.29. The van der Waals surface area contributed by atoms with E-state index in [0.717, 1.165) is 17.7 Å². The lowest BCUT2D eigenvalue weighted by Crippen LogP contribution is -2.22. The first-order chi connectivity index (χ1) is 12.6. The maximum Gasteiger partial charge on any atom is 0.272 e. The summed E-state index contributed by atoms with van der Waals surface area (Å²) in [4.78, 5) is 33.9. The number of hydrogen-bond acceptors (Lipinski definition) is 4. The van der Waals surface area contributed by atoms with Crippen molar-refractivity contribution in [1.29, 1.82) is 0 Å². The summed E-state index contributed by atoms with van der Waals surface area (Å²) in [6.45, 7) is 4.40. The number of H-pyrrole nitrogens is 1. The molecule has 0 unspecified atom stereocenters. The molecule has 0 fully saturated rings. The van der Waals surface area contributed by atoms with E-state index in [1.165, 1.54) is 10.6 Å². The Bertz CT molecular complexity index is 1230. The molecule has 0 radical (unpaired) electrons. The van der Waals surface area contributed by atoms with Gasteiger partial charge in [0.15, 0.2) is 5.65 Å². The maximum atomic E-state index is 12.6. The molecule has 3 aromatic heterocycles. The molecule has 4 rings (SSSR count). The minimum atomic E-state index is -0.142. The van der Waals surface area contributed by atoms with Crippen molar-refractivity contribution in [3.63, 3.8) is 0 Å². The van der Waals surface area contributed by atoms with E-state index in [0.29, 0.717) is 35.2 Å². The van der Waals surface area contributed by atoms with Crippen molar-refractivity contribution in [3.8, 4) is 0 Å². The van der Waals surface area contributed by atoms with Gasteiger partial charge in [-0.15, -0.1) is 0 Å². The van der Waals surface area contributed by atoms with Crippen LogP contribution in [-0.2, 0) is 19.4 Å². The minimum Gasteiger partial charge on any atom is -0.298 e. The van der Waals surface area contributed by atoms with Crippen molar-refractivity contribution >= 4 is 16.6 Å².